The highest BCUT2D eigenvalue weighted by Gasteiger charge is 2.12. The lowest BCUT2D eigenvalue weighted by molar-refractivity contribution is 0.0374. The SMILES string of the molecule is Cc1nn(C)cc1C(=O)NCCCN1CCOCC1. The second-order valence-electron chi connectivity index (χ2n) is 4.87. The zero-order chi connectivity index (χ0) is 13.7. The van der Waals surface area contributed by atoms with E-state index in [0.717, 1.165) is 45.0 Å². The van der Waals surface area contributed by atoms with Gasteiger partial charge in [0.25, 0.3) is 5.91 Å². The van der Waals surface area contributed by atoms with Gasteiger partial charge in [0.15, 0.2) is 0 Å². The van der Waals surface area contributed by atoms with Gasteiger partial charge in [-0.25, -0.2) is 0 Å². The maximum absolute atomic E-state index is 11.9. The van der Waals surface area contributed by atoms with Crippen LogP contribution in [0.5, 0.6) is 0 Å². The molecule has 106 valence electrons. The summed E-state index contributed by atoms with van der Waals surface area (Å²) < 4.78 is 6.96. The van der Waals surface area contributed by atoms with Crippen molar-refractivity contribution >= 4 is 5.91 Å². The minimum absolute atomic E-state index is 0.0347. The molecule has 19 heavy (non-hydrogen) atoms. The number of carbonyl (C=O) groups is 1. The highest BCUT2D eigenvalue weighted by atomic mass is 16.5. The smallest absolute Gasteiger partial charge is 0.254 e. The first-order chi connectivity index (χ1) is 9.16. The largest absolute Gasteiger partial charge is 0.379 e. The van der Waals surface area contributed by atoms with E-state index in [4.69, 9.17) is 4.74 Å². The first-order valence-corrected chi connectivity index (χ1v) is 6.75. The van der Waals surface area contributed by atoms with Crippen LogP contribution in [0.4, 0.5) is 0 Å². The molecular weight excluding hydrogens is 244 g/mol. The summed E-state index contributed by atoms with van der Waals surface area (Å²) in [5.41, 5.74) is 1.43. The Morgan fingerprint density at radius 3 is 2.84 bits per heavy atom. The molecular formula is C13H22N4O2. The zero-order valence-electron chi connectivity index (χ0n) is 11.7. The lowest BCUT2D eigenvalue weighted by atomic mass is 10.2. The molecule has 0 saturated carbocycles. The van der Waals surface area contributed by atoms with Crippen molar-refractivity contribution in [3.05, 3.63) is 17.5 Å². The van der Waals surface area contributed by atoms with Crippen LogP contribution in [0.15, 0.2) is 6.20 Å². The average Bonchev–Trinajstić information content (AvgIpc) is 2.75. The Hall–Kier alpha value is -1.40. The summed E-state index contributed by atoms with van der Waals surface area (Å²) in [6.45, 7) is 7.19. The van der Waals surface area contributed by atoms with Crippen LogP contribution in [-0.4, -0.2) is 60.0 Å². The van der Waals surface area contributed by atoms with Crippen LogP contribution >= 0.6 is 0 Å². The van der Waals surface area contributed by atoms with E-state index < -0.39 is 0 Å². The van der Waals surface area contributed by atoms with E-state index in [0.29, 0.717) is 12.1 Å². The van der Waals surface area contributed by atoms with Gasteiger partial charge in [-0.3, -0.25) is 14.4 Å². The summed E-state index contributed by atoms with van der Waals surface area (Å²) in [6.07, 6.45) is 2.72. The highest BCUT2D eigenvalue weighted by Crippen LogP contribution is 2.04. The Morgan fingerprint density at radius 1 is 1.47 bits per heavy atom. The Bertz CT molecular complexity index is 424. The number of amides is 1. The van der Waals surface area contributed by atoms with Crippen LogP contribution in [0.2, 0.25) is 0 Å². The van der Waals surface area contributed by atoms with Gasteiger partial charge in [-0.05, 0) is 19.9 Å². The first-order valence-electron chi connectivity index (χ1n) is 6.75. The summed E-state index contributed by atoms with van der Waals surface area (Å²) in [7, 11) is 1.82. The number of rotatable bonds is 5. The lowest BCUT2D eigenvalue weighted by Gasteiger charge is -2.26. The van der Waals surface area contributed by atoms with Gasteiger partial charge in [-0.15, -0.1) is 0 Å². The van der Waals surface area contributed by atoms with Crippen molar-refractivity contribution in [1.82, 2.24) is 20.0 Å². The quantitative estimate of drug-likeness (QED) is 0.772. The molecule has 1 amide bonds. The normalized spacial score (nSPS) is 16.5. The Labute approximate surface area is 113 Å². The highest BCUT2D eigenvalue weighted by molar-refractivity contribution is 5.94. The van der Waals surface area contributed by atoms with Gasteiger partial charge in [-0.1, -0.05) is 0 Å². The lowest BCUT2D eigenvalue weighted by Crippen LogP contribution is -2.38. The van der Waals surface area contributed by atoms with Gasteiger partial charge in [0, 0.05) is 32.9 Å². The summed E-state index contributed by atoms with van der Waals surface area (Å²) in [6, 6.07) is 0. The van der Waals surface area contributed by atoms with Gasteiger partial charge >= 0.3 is 0 Å². The molecule has 0 aromatic carbocycles. The zero-order valence-corrected chi connectivity index (χ0v) is 11.7. The van der Waals surface area contributed by atoms with Gasteiger partial charge in [0.1, 0.15) is 0 Å². The standard InChI is InChI=1S/C13H22N4O2/c1-11-12(10-16(2)15-11)13(18)14-4-3-5-17-6-8-19-9-7-17/h10H,3-9H2,1-2H3,(H,14,18). The van der Waals surface area contributed by atoms with E-state index in [9.17, 15) is 4.79 Å². The number of aryl methyl sites for hydroxylation is 2. The summed E-state index contributed by atoms with van der Waals surface area (Å²) in [4.78, 5) is 14.3. The fourth-order valence-corrected chi connectivity index (χ4v) is 2.25. The van der Waals surface area contributed by atoms with Crippen molar-refractivity contribution in [1.29, 1.82) is 0 Å². The summed E-state index contributed by atoms with van der Waals surface area (Å²) >= 11 is 0. The number of ether oxygens (including phenoxy) is 1. The molecule has 0 bridgehead atoms. The van der Waals surface area contributed by atoms with E-state index >= 15 is 0 Å². The second-order valence-corrected chi connectivity index (χ2v) is 4.87. The second kappa shape index (κ2) is 6.68. The van der Waals surface area contributed by atoms with Crippen molar-refractivity contribution in [2.24, 2.45) is 7.05 Å². The molecule has 1 aliphatic heterocycles. The molecule has 6 heteroatoms. The monoisotopic (exact) mass is 266 g/mol. The third kappa shape index (κ3) is 4.04. The molecule has 0 unspecified atom stereocenters. The molecule has 1 N–H and O–H groups in total. The molecule has 1 aliphatic rings. The number of aromatic nitrogens is 2. The third-order valence-corrected chi connectivity index (χ3v) is 3.30. The number of nitrogens with one attached hydrogen (secondary N) is 1. The van der Waals surface area contributed by atoms with E-state index in [-0.39, 0.29) is 5.91 Å². The predicted molar refractivity (Wildman–Crippen MR) is 72.2 cm³/mol. The van der Waals surface area contributed by atoms with Gasteiger partial charge < -0.3 is 10.1 Å². The molecule has 0 spiro atoms. The number of carbonyl (C=O) groups excluding carboxylic acids is 1. The fourth-order valence-electron chi connectivity index (χ4n) is 2.25. The molecule has 6 nitrogen and oxygen atoms in total. The molecule has 1 aromatic rings. The number of hydrogen-bond donors (Lipinski definition) is 1. The molecule has 2 rings (SSSR count). The Balaban J connectivity index is 1.67. The number of hydrogen-bond acceptors (Lipinski definition) is 4. The van der Waals surface area contributed by atoms with Crippen LogP contribution in [0.25, 0.3) is 0 Å². The van der Waals surface area contributed by atoms with Crippen LogP contribution in [-0.2, 0) is 11.8 Å². The molecule has 1 aromatic heterocycles. The van der Waals surface area contributed by atoms with E-state index in [1.165, 1.54) is 0 Å². The van der Waals surface area contributed by atoms with E-state index in [1.807, 2.05) is 14.0 Å². The van der Waals surface area contributed by atoms with Crippen molar-refractivity contribution < 1.29 is 9.53 Å². The Kier molecular flexibility index (Phi) is 4.93. The summed E-state index contributed by atoms with van der Waals surface area (Å²) in [5, 5.41) is 7.11. The minimum Gasteiger partial charge on any atom is -0.379 e. The Morgan fingerprint density at radius 2 is 2.21 bits per heavy atom. The molecule has 0 aliphatic carbocycles. The van der Waals surface area contributed by atoms with Crippen molar-refractivity contribution in [2.45, 2.75) is 13.3 Å². The molecule has 1 fully saturated rings. The van der Waals surface area contributed by atoms with Crippen LogP contribution < -0.4 is 5.32 Å². The number of nitrogens with zero attached hydrogens (tertiary/aromatic N) is 3. The summed E-state index contributed by atoms with van der Waals surface area (Å²) in [5.74, 6) is -0.0347. The van der Waals surface area contributed by atoms with Crippen molar-refractivity contribution in [2.75, 3.05) is 39.4 Å². The number of morpholine rings is 1. The van der Waals surface area contributed by atoms with Gasteiger partial charge in [0.2, 0.25) is 0 Å². The van der Waals surface area contributed by atoms with Gasteiger partial charge in [-0.2, -0.15) is 5.10 Å². The minimum atomic E-state index is -0.0347. The average molecular weight is 266 g/mol. The van der Waals surface area contributed by atoms with Crippen LogP contribution in [0.1, 0.15) is 22.5 Å². The fraction of sp³-hybridized carbons (Fsp3) is 0.692. The third-order valence-electron chi connectivity index (χ3n) is 3.30. The molecule has 0 radical (unpaired) electrons. The van der Waals surface area contributed by atoms with Crippen LogP contribution in [0.3, 0.4) is 0 Å². The first kappa shape index (κ1) is 14.0. The van der Waals surface area contributed by atoms with Crippen molar-refractivity contribution in [3.8, 4) is 0 Å². The van der Waals surface area contributed by atoms with Gasteiger partial charge in [0.05, 0.1) is 24.5 Å². The van der Waals surface area contributed by atoms with E-state index in [1.54, 1.807) is 10.9 Å². The molecule has 1 saturated heterocycles. The van der Waals surface area contributed by atoms with E-state index in [2.05, 4.69) is 15.3 Å². The van der Waals surface area contributed by atoms with Crippen molar-refractivity contribution in [3.63, 3.8) is 0 Å². The maximum atomic E-state index is 11.9. The van der Waals surface area contributed by atoms with Crippen LogP contribution in [0, 0.1) is 6.92 Å². The predicted octanol–water partition coefficient (Wildman–Crippen LogP) is 0.181. The maximum Gasteiger partial charge on any atom is 0.254 e. The topological polar surface area (TPSA) is 59.4 Å². The molecule has 0 atom stereocenters. The molecule has 2 heterocycles.